The van der Waals surface area contributed by atoms with Crippen molar-refractivity contribution >= 4 is 0 Å². The molecule has 3 rings (SSSR count). The molecule has 2 heteroatoms. The van der Waals surface area contributed by atoms with Crippen molar-refractivity contribution < 1.29 is 0 Å². The van der Waals surface area contributed by atoms with Crippen LogP contribution in [0.25, 0.3) is 0 Å². The fourth-order valence-corrected chi connectivity index (χ4v) is 2.11. The summed E-state index contributed by atoms with van der Waals surface area (Å²) in [6, 6.07) is 4.70. The number of nitrogens with one attached hydrogen (secondary N) is 2. The number of hydrogen-bond donors (Lipinski definition) is 2. The molecule has 0 spiro atoms. The van der Waals surface area contributed by atoms with Gasteiger partial charge in [-0.3, -0.25) is 0 Å². The highest BCUT2D eigenvalue weighted by atomic mass is 14.9. The fraction of sp³-hybridized carbons (Fsp3) is 0.400. The van der Waals surface area contributed by atoms with Gasteiger partial charge in [0.2, 0.25) is 0 Å². The van der Waals surface area contributed by atoms with Crippen molar-refractivity contribution in [2.45, 2.75) is 26.2 Å². The highest BCUT2D eigenvalue weighted by Gasteiger charge is 2.16. The van der Waals surface area contributed by atoms with Crippen LogP contribution in [0.4, 0.5) is 0 Å². The summed E-state index contributed by atoms with van der Waals surface area (Å²) in [5.74, 6) is 0. The monoisotopic (exact) mass is 160 g/mol. The van der Waals surface area contributed by atoms with Gasteiger partial charge in [-0.15, -0.1) is 0 Å². The van der Waals surface area contributed by atoms with Gasteiger partial charge >= 0.3 is 0 Å². The van der Waals surface area contributed by atoms with Crippen LogP contribution in [0.5, 0.6) is 0 Å². The van der Waals surface area contributed by atoms with Crippen LogP contribution in [0.15, 0.2) is 12.1 Å². The molecule has 12 heavy (non-hydrogen) atoms. The zero-order valence-electron chi connectivity index (χ0n) is 6.98. The molecule has 2 N–H and O–H groups in total. The summed E-state index contributed by atoms with van der Waals surface area (Å²) in [5.41, 5.74) is 5.99. The van der Waals surface area contributed by atoms with Crippen molar-refractivity contribution in [3.8, 4) is 0 Å². The predicted molar refractivity (Wildman–Crippen MR) is 47.5 cm³/mol. The van der Waals surface area contributed by atoms with Crippen LogP contribution in [0.3, 0.4) is 0 Å². The Balaban J connectivity index is 2.18. The maximum absolute atomic E-state index is 3.37. The van der Waals surface area contributed by atoms with Gasteiger partial charge in [0.25, 0.3) is 0 Å². The van der Waals surface area contributed by atoms with Gasteiger partial charge in [0.15, 0.2) is 0 Å². The second-order valence-electron chi connectivity index (χ2n) is 3.60. The van der Waals surface area contributed by atoms with Gasteiger partial charge in [0, 0.05) is 26.2 Å². The first-order valence-corrected chi connectivity index (χ1v) is 4.48. The zero-order chi connectivity index (χ0) is 7.97. The molecule has 0 aromatic heterocycles. The SMILES string of the molecule is c1c2c(cc3c1CNC3)CNC2. The van der Waals surface area contributed by atoms with E-state index in [1.54, 1.807) is 0 Å². The molecule has 0 unspecified atom stereocenters. The highest BCUT2D eigenvalue weighted by Crippen LogP contribution is 2.23. The van der Waals surface area contributed by atoms with E-state index in [0.29, 0.717) is 0 Å². The summed E-state index contributed by atoms with van der Waals surface area (Å²) in [6.45, 7) is 4.23. The zero-order valence-corrected chi connectivity index (χ0v) is 6.98. The van der Waals surface area contributed by atoms with E-state index < -0.39 is 0 Å². The molecule has 0 amide bonds. The lowest BCUT2D eigenvalue weighted by molar-refractivity contribution is 0.753. The van der Waals surface area contributed by atoms with E-state index >= 15 is 0 Å². The van der Waals surface area contributed by atoms with Crippen LogP contribution in [-0.4, -0.2) is 0 Å². The highest BCUT2D eigenvalue weighted by molar-refractivity contribution is 5.41. The Hall–Kier alpha value is -0.860. The van der Waals surface area contributed by atoms with Crippen molar-refractivity contribution in [2.75, 3.05) is 0 Å². The summed E-state index contributed by atoms with van der Waals surface area (Å²) in [7, 11) is 0. The van der Waals surface area contributed by atoms with Crippen LogP contribution in [0.2, 0.25) is 0 Å². The second kappa shape index (κ2) is 2.31. The van der Waals surface area contributed by atoms with E-state index in [9.17, 15) is 0 Å². The van der Waals surface area contributed by atoms with Crippen molar-refractivity contribution in [3.05, 3.63) is 34.4 Å². The Labute approximate surface area is 72.0 Å². The molecule has 0 fully saturated rings. The van der Waals surface area contributed by atoms with Crippen LogP contribution in [-0.2, 0) is 26.2 Å². The number of fused-ring (bicyclic) bond motifs is 2. The lowest BCUT2D eigenvalue weighted by Gasteiger charge is -2.01. The largest absolute Gasteiger partial charge is 0.309 e. The van der Waals surface area contributed by atoms with E-state index in [4.69, 9.17) is 0 Å². The molecule has 2 aliphatic rings. The molecule has 0 saturated heterocycles. The predicted octanol–water partition coefficient (Wildman–Crippen LogP) is 0.893. The van der Waals surface area contributed by atoms with Crippen LogP contribution >= 0.6 is 0 Å². The van der Waals surface area contributed by atoms with Crippen molar-refractivity contribution in [1.82, 2.24) is 10.6 Å². The number of hydrogen-bond acceptors (Lipinski definition) is 2. The standard InChI is InChI=1S/C10H12N2/c1-7-3-11-5-9(7)2-10-6-12-4-8(1)10/h1-2,11-12H,3-6H2. The minimum absolute atomic E-state index is 1.06. The molecular formula is C10H12N2. The Morgan fingerprint density at radius 3 is 1.33 bits per heavy atom. The lowest BCUT2D eigenvalue weighted by Crippen LogP contribution is -2.01. The van der Waals surface area contributed by atoms with Crippen molar-refractivity contribution in [2.24, 2.45) is 0 Å². The fourth-order valence-electron chi connectivity index (χ4n) is 2.11. The van der Waals surface area contributed by atoms with Gasteiger partial charge in [-0.1, -0.05) is 12.1 Å². The quantitative estimate of drug-likeness (QED) is 0.589. The number of rotatable bonds is 0. The van der Waals surface area contributed by atoms with Gasteiger partial charge in [-0.2, -0.15) is 0 Å². The molecule has 0 aliphatic carbocycles. The van der Waals surface area contributed by atoms with Gasteiger partial charge < -0.3 is 10.6 Å². The van der Waals surface area contributed by atoms with E-state index in [1.165, 1.54) is 22.3 Å². The molecule has 2 nitrogen and oxygen atoms in total. The maximum Gasteiger partial charge on any atom is 0.0212 e. The van der Waals surface area contributed by atoms with Gasteiger partial charge in [-0.25, -0.2) is 0 Å². The number of benzene rings is 1. The first kappa shape index (κ1) is 6.63. The summed E-state index contributed by atoms with van der Waals surface area (Å²) in [5, 5.41) is 6.74. The van der Waals surface area contributed by atoms with Gasteiger partial charge in [0.05, 0.1) is 0 Å². The third-order valence-electron chi connectivity index (χ3n) is 2.78. The van der Waals surface area contributed by atoms with Crippen LogP contribution < -0.4 is 10.6 Å². The molecule has 0 atom stereocenters. The minimum Gasteiger partial charge on any atom is -0.309 e. The van der Waals surface area contributed by atoms with Crippen molar-refractivity contribution in [1.29, 1.82) is 0 Å². The van der Waals surface area contributed by atoms with Gasteiger partial charge in [0.1, 0.15) is 0 Å². The Morgan fingerprint density at radius 2 is 1.00 bits per heavy atom. The third-order valence-corrected chi connectivity index (χ3v) is 2.78. The second-order valence-corrected chi connectivity index (χ2v) is 3.60. The summed E-state index contributed by atoms with van der Waals surface area (Å²) in [6.07, 6.45) is 0. The van der Waals surface area contributed by atoms with Crippen LogP contribution in [0.1, 0.15) is 22.3 Å². The Bertz CT molecular complexity index is 271. The first-order chi connectivity index (χ1) is 5.93. The molecule has 0 radical (unpaired) electrons. The molecule has 0 bridgehead atoms. The summed E-state index contributed by atoms with van der Waals surface area (Å²) >= 11 is 0. The molecule has 0 saturated carbocycles. The molecule has 1 aromatic carbocycles. The van der Waals surface area contributed by atoms with Gasteiger partial charge in [-0.05, 0) is 22.3 Å². The van der Waals surface area contributed by atoms with E-state index in [0.717, 1.165) is 26.2 Å². The van der Waals surface area contributed by atoms with Crippen molar-refractivity contribution in [3.63, 3.8) is 0 Å². The first-order valence-electron chi connectivity index (χ1n) is 4.48. The van der Waals surface area contributed by atoms with E-state index in [1.807, 2.05) is 0 Å². The Morgan fingerprint density at radius 1 is 0.667 bits per heavy atom. The van der Waals surface area contributed by atoms with Crippen LogP contribution in [0, 0.1) is 0 Å². The Kier molecular flexibility index (Phi) is 1.28. The molecular weight excluding hydrogens is 148 g/mol. The maximum atomic E-state index is 3.37. The normalized spacial score (nSPS) is 19.3. The molecule has 1 aromatic rings. The van der Waals surface area contributed by atoms with E-state index in [2.05, 4.69) is 22.8 Å². The average molecular weight is 160 g/mol. The summed E-state index contributed by atoms with van der Waals surface area (Å²) in [4.78, 5) is 0. The minimum atomic E-state index is 1.06. The molecule has 2 aliphatic heterocycles. The smallest absolute Gasteiger partial charge is 0.0212 e. The molecule has 62 valence electrons. The van der Waals surface area contributed by atoms with E-state index in [-0.39, 0.29) is 0 Å². The molecule has 2 heterocycles. The average Bonchev–Trinajstić information content (AvgIpc) is 2.64. The lowest BCUT2D eigenvalue weighted by atomic mass is 10.0. The topological polar surface area (TPSA) is 24.1 Å². The summed E-state index contributed by atoms with van der Waals surface area (Å²) < 4.78 is 0. The third kappa shape index (κ3) is 0.822.